The summed E-state index contributed by atoms with van der Waals surface area (Å²) in [5.41, 5.74) is 0. The van der Waals surface area contributed by atoms with E-state index in [4.69, 9.17) is 4.74 Å². The van der Waals surface area contributed by atoms with Crippen LogP contribution in [0.2, 0.25) is 0 Å². The molecule has 0 amide bonds. The molecule has 1 aliphatic heterocycles. The Kier molecular flexibility index (Phi) is 2.98. The second-order valence-electron chi connectivity index (χ2n) is 5.77. The summed E-state index contributed by atoms with van der Waals surface area (Å²) in [5.74, 6) is 2.99. The van der Waals surface area contributed by atoms with Crippen molar-refractivity contribution in [3.63, 3.8) is 0 Å². The first-order valence-electron chi connectivity index (χ1n) is 6.73. The van der Waals surface area contributed by atoms with E-state index < -0.39 is 0 Å². The van der Waals surface area contributed by atoms with Crippen molar-refractivity contribution in [1.29, 1.82) is 0 Å². The minimum absolute atomic E-state index is 0.656. The summed E-state index contributed by atoms with van der Waals surface area (Å²) in [5, 5.41) is 3.49. The lowest BCUT2D eigenvalue weighted by molar-refractivity contribution is 0.0668. The van der Waals surface area contributed by atoms with Crippen LogP contribution in [0.1, 0.15) is 38.5 Å². The molecule has 0 radical (unpaired) electrons. The fourth-order valence-corrected chi connectivity index (χ4v) is 3.84. The molecule has 15 heavy (non-hydrogen) atoms. The maximum atomic E-state index is 5.89. The van der Waals surface area contributed by atoms with Gasteiger partial charge in [-0.3, -0.25) is 0 Å². The maximum absolute atomic E-state index is 5.89. The van der Waals surface area contributed by atoms with Gasteiger partial charge in [-0.15, -0.1) is 0 Å². The van der Waals surface area contributed by atoms with Gasteiger partial charge in [0.2, 0.25) is 0 Å². The van der Waals surface area contributed by atoms with Crippen LogP contribution in [0.25, 0.3) is 0 Å². The Labute approximate surface area is 92.8 Å². The first-order valence-corrected chi connectivity index (χ1v) is 6.73. The molecule has 0 aromatic rings. The molecule has 4 unspecified atom stereocenters. The molecule has 86 valence electrons. The van der Waals surface area contributed by atoms with Gasteiger partial charge >= 0.3 is 0 Å². The quantitative estimate of drug-likeness (QED) is 0.766. The summed E-state index contributed by atoms with van der Waals surface area (Å²) < 4.78 is 5.89. The minimum atomic E-state index is 0.656. The van der Waals surface area contributed by atoms with Crippen molar-refractivity contribution in [3.8, 4) is 0 Å². The lowest BCUT2D eigenvalue weighted by Gasteiger charge is -2.22. The number of hydrogen-bond acceptors (Lipinski definition) is 2. The Morgan fingerprint density at radius 2 is 2.07 bits per heavy atom. The van der Waals surface area contributed by atoms with Crippen LogP contribution in [0.15, 0.2) is 0 Å². The van der Waals surface area contributed by atoms with Crippen molar-refractivity contribution in [2.24, 2.45) is 17.8 Å². The van der Waals surface area contributed by atoms with Gasteiger partial charge in [-0.2, -0.15) is 0 Å². The van der Waals surface area contributed by atoms with E-state index in [9.17, 15) is 0 Å². The average Bonchev–Trinajstić information content (AvgIpc) is 2.93. The van der Waals surface area contributed by atoms with Gasteiger partial charge in [-0.1, -0.05) is 6.42 Å². The van der Waals surface area contributed by atoms with Crippen LogP contribution in [-0.4, -0.2) is 25.8 Å². The van der Waals surface area contributed by atoms with E-state index in [0.29, 0.717) is 6.04 Å². The predicted molar refractivity (Wildman–Crippen MR) is 60.8 cm³/mol. The molecular formula is C13H23NO. The summed E-state index contributed by atoms with van der Waals surface area (Å²) in [4.78, 5) is 0. The van der Waals surface area contributed by atoms with E-state index in [1.165, 1.54) is 45.1 Å². The fourth-order valence-electron chi connectivity index (χ4n) is 3.84. The number of nitrogens with one attached hydrogen (secondary N) is 1. The first-order chi connectivity index (χ1) is 7.42. The van der Waals surface area contributed by atoms with Crippen LogP contribution in [0.5, 0.6) is 0 Å². The van der Waals surface area contributed by atoms with E-state index >= 15 is 0 Å². The molecule has 2 nitrogen and oxygen atoms in total. The average molecular weight is 209 g/mol. The number of ether oxygens (including phenoxy) is 1. The zero-order valence-electron chi connectivity index (χ0n) is 9.58. The highest BCUT2D eigenvalue weighted by Crippen LogP contribution is 2.48. The highest BCUT2D eigenvalue weighted by molar-refractivity contribution is 4.89. The van der Waals surface area contributed by atoms with Gasteiger partial charge in [0.15, 0.2) is 0 Å². The van der Waals surface area contributed by atoms with Gasteiger partial charge in [0, 0.05) is 12.6 Å². The largest absolute Gasteiger partial charge is 0.380 e. The number of rotatable bonds is 4. The van der Waals surface area contributed by atoms with E-state index in [2.05, 4.69) is 5.32 Å². The van der Waals surface area contributed by atoms with Crippen LogP contribution in [0.3, 0.4) is 0 Å². The Morgan fingerprint density at radius 3 is 2.73 bits per heavy atom. The van der Waals surface area contributed by atoms with E-state index in [1.54, 1.807) is 0 Å². The van der Waals surface area contributed by atoms with E-state index in [1.807, 2.05) is 0 Å². The Morgan fingerprint density at radius 1 is 1.07 bits per heavy atom. The van der Waals surface area contributed by atoms with Crippen LogP contribution < -0.4 is 5.32 Å². The molecule has 3 fully saturated rings. The summed E-state index contributed by atoms with van der Waals surface area (Å²) >= 11 is 0. The topological polar surface area (TPSA) is 21.3 Å². The van der Waals surface area contributed by atoms with Crippen LogP contribution in [0.4, 0.5) is 0 Å². The summed E-state index contributed by atoms with van der Waals surface area (Å²) in [6.07, 6.45) is 8.61. The van der Waals surface area contributed by atoms with Crippen molar-refractivity contribution >= 4 is 0 Å². The Hall–Kier alpha value is -0.0800. The van der Waals surface area contributed by atoms with Crippen LogP contribution in [-0.2, 0) is 4.74 Å². The third-order valence-corrected chi connectivity index (χ3v) is 4.70. The maximum Gasteiger partial charge on any atom is 0.0619 e. The summed E-state index contributed by atoms with van der Waals surface area (Å²) in [6, 6.07) is 0.656. The Balaban J connectivity index is 1.36. The molecule has 0 aromatic heterocycles. The van der Waals surface area contributed by atoms with E-state index in [-0.39, 0.29) is 0 Å². The molecule has 2 heteroatoms. The lowest BCUT2D eigenvalue weighted by atomic mass is 9.89. The molecule has 2 saturated carbocycles. The molecule has 2 bridgehead atoms. The molecule has 3 rings (SSSR count). The zero-order valence-corrected chi connectivity index (χ0v) is 9.58. The van der Waals surface area contributed by atoms with Gasteiger partial charge in [0.05, 0.1) is 6.61 Å². The van der Waals surface area contributed by atoms with Gasteiger partial charge in [0.25, 0.3) is 0 Å². The highest BCUT2D eigenvalue weighted by atomic mass is 16.5. The molecular weight excluding hydrogens is 186 g/mol. The second kappa shape index (κ2) is 4.42. The first kappa shape index (κ1) is 10.1. The third-order valence-electron chi connectivity index (χ3n) is 4.70. The lowest BCUT2D eigenvalue weighted by Crippen LogP contribution is -2.28. The normalized spacial score (nSPS) is 44.0. The van der Waals surface area contributed by atoms with Gasteiger partial charge in [0.1, 0.15) is 0 Å². The second-order valence-corrected chi connectivity index (χ2v) is 5.77. The molecule has 0 aromatic carbocycles. The van der Waals surface area contributed by atoms with Crippen molar-refractivity contribution < 1.29 is 4.74 Å². The standard InChI is InChI=1S/C13H23NO/c1-2-13(14-5-1)9-15-8-12-7-10-3-4-11(12)6-10/h10-14H,1-9H2. The monoisotopic (exact) mass is 209 g/mol. The zero-order chi connectivity index (χ0) is 10.1. The number of hydrogen-bond donors (Lipinski definition) is 1. The van der Waals surface area contributed by atoms with Crippen molar-refractivity contribution in [3.05, 3.63) is 0 Å². The molecule has 2 aliphatic carbocycles. The summed E-state index contributed by atoms with van der Waals surface area (Å²) in [6.45, 7) is 3.19. The SMILES string of the molecule is C1CNC(COCC2CC3CCC2C3)C1. The predicted octanol–water partition coefficient (Wildman–Crippen LogP) is 2.19. The molecule has 1 N–H and O–H groups in total. The highest BCUT2D eigenvalue weighted by Gasteiger charge is 2.39. The molecule has 0 spiro atoms. The van der Waals surface area contributed by atoms with Gasteiger partial charge in [-0.25, -0.2) is 0 Å². The fraction of sp³-hybridized carbons (Fsp3) is 1.00. The third kappa shape index (κ3) is 2.21. The molecule has 1 saturated heterocycles. The van der Waals surface area contributed by atoms with Crippen LogP contribution in [0, 0.1) is 17.8 Å². The minimum Gasteiger partial charge on any atom is -0.380 e. The van der Waals surface area contributed by atoms with Crippen molar-refractivity contribution in [2.75, 3.05) is 19.8 Å². The van der Waals surface area contributed by atoms with E-state index in [0.717, 1.165) is 31.0 Å². The van der Waals surface area contributed by atoms with Gasteiger partial charge < -0.3 is 10.1 Å². The molecule has 4 atom stereocenters. The van der Waals surface area contributed by atoms with Gasteiger partial charge in [-0.05, 0) is 56.4 Å². The Bertz CT molecular complexity index is 213. The summed E-state index contributed by atoms with van der Waals surface area (Å²) in [7, 11) is 0. The molecule has 1 heterocycles. The van der Waals surface area contributed by atoms with Crippen LogP contribution >= 0.6 is 0 Å². The van der Waals surface area contributed by atoms with Crippen molar-refractivity contribution in [2.45, 2.75) is 44.6 Å². The smallest absolute Gasteiger partial charge is 0.0619 e. The number of fused-ring (bicyclic) bond motifs is 2. The van der Waals surface area contributed by atoms with Crippen molar-refractivity contribution in [1.82, 2.24) is 5.32 Å². The molecule has 3 aliphatic rings.